The molecule has 0 fully saturated rings. The summed E-state index contributed by atoms with van der Waals surface area (Å²) in [6.45, 7) is 3.66. The van der Waals surface area contributed by atoms with Crippen LogP contribution in [0.5, 0.6) is 11.5 Å². The molecule has 0 saturated carbocycles. The number of rotatable bonds is 5. The first-order chi connectivity index (χ1) is 10.1. The molecule has 0 aromatic heterocycles. The highest BCUT2D eigenvalue weighted by atomic mass is 19.1. The molecule has 2 aromatic carbocycles. The van der Waals surface area contributed by atoms with Crippen LogP contribution in [0.4, 0.5) is 8.78 Å². The van der Waals surface area contributed by atoms with Crippen LogP contribution in [0.15, 0.2) is 49.1 Å². The molecule has 0 saturated heterocycles. The minimum absolute atomic E-state index is 0.0165. The quantitative estimate of drug-likeness (QED) is 0.743. The summed E-state index contributed by atoms with van der Waals surface area (Å²) in [5, 5.41) is 8.60. The Morgan fingerprint density at radius 1 is 1.10 bits per heavy atom. The Labute approximate surface area is 121 Å². The predicted molar refractivity (Wildman–Crippen MR) is 76.1 cm³/mol. The van der Waals surface area contributed by atoms with Crippen molar-refractivity contribution in [2.45, 2.75) is 12.8 Å². The van der Waals surface area contributed by atoms with Crippen LogP contribution in [0, 0.1) is 23.0 Å². The van der Waals surface area contributed by atoms with Gasteiger partial charge in [0.05, 0.1) is 0 Å². The second-order valence-electron chi connectivity index (χ2n) is 4.45. The maximum atomic E-state index is 13.5. The molecule has 0 aliphatic heterocycles. The molecule has 2 rings (SSSR count). The number of nitrogens with zero attached hydrogens (tertiary/aromatic N) is 1. The molecule has 0 amide bonds. The SMILES string of the molecule is C=CCCc1ccc(Oc2cc(F)c(C#N)c(F)c2)cc1. The molecule has 0 spiro atoms. The summed E-state index contributed by atoms with van der Waals surface area (Å²) in [7, 11) is 0. The molecule has 0 radical (unpaired) electrons. The number of benzene rings is 2. The van der Waals surface area contributed by atoms with E-state index in [-0.39, 0.29) is 5.75 Å². The van der Waals surface area contributed by atoms with Crippen molar-refractivity contribution in [3.8, 4) is 17.6 Å². The maximum Gasteiger partial charge on any atom is 0.147 e. The zero-order valence-electron chi connectivity index (χ0n) is 11.3. The van der Waals surface area contributed by atoms with Gasteiger partial charge in [-0.1, -0.05) is 18.2 Å². The van der Waals surface area contributed by atoms with Crippen LogP contribution in [0.25, 0.3) is 0 Å². The van der Waals surface area contributed by atoms with E-state index in [2.05, 4.69) is 6.58 Å². The lowest BCUT2D eigenvalue weighted by Gasteiger charge is -2.08. The molecular weight excluding hydrogens is 272 g/mol. The van der Waals surface area contributed by atoms with E-state index in [4.69, 9.17) is 10.00 Å². The van der Waals surface area contributed by atoms with Crippen LogP contribution in [0.2, 0.25) is 0 Å². The van der Waals surface area contributed by atoms with Crippen LogP contribution in [-0.4, -0.2) is 0 Å². The van der Waals surface area contributed by atoms with Gasteiger partial charge in [0.1, 0.15) is 34.8 Å². The lowest BCUT2D eigenvalue weighted by Crippen LogP contribution is -1.93. The van der Waals surface area contributed by atoms with Gasteiger partial charge in [0, 0.05) is 12.1 Å². The van der Waals surface area contributed by atoms with Gasteiger partial charge in [0.15, 0.2) is 0 Å². The molecule has 2 nitrogen and oxygen atoms in total. The van der Waals surface area contributed by atoms with Gasteiger partial charge in [-0.05, 0) is 30.5 Å². The molecule has 0 bridgehead atoms. The van der Waals surface area contributed by atoms with Crippen molar-refractivity contribution in [2.24, 2.45) is 0 Å². The summed E-state index contributed by atoms with van der Waals surface area (Å²) in [6, 6.07) is 10.7. The van der Waals surface area contributed by atoms with Gasteiger partial charge in [0.2, 0.25) is 0 Å². The van der Waals surface area contributed by atoms with Gasteiger partial charge in [-0.3, -0.25) is 0 Å². The van der Waals surface area contributed by atoms with Gasteiger partial charge < -0.3 is 4.74 Å². The lowest BCUT2D eigenvalue weighted by atomic mass is 10.1. The van der Waals surface area contributed by atoms with Crippen molar-refractivity contribution in [1.82, 2.24) is 0 Å². The zero-order chi connectivity index (χ0) is 15.2. The van der Waals surface area contributed by atoms with Crippen molar-refractivity contribution in [1.29, 1.82) is 5.26 Å². The van der Waals surface area contributed by atoms with Crippen LogP contribution in [0.3, 0.4) is 0 Å². The topological polar surface area (TPSA) is 33.0 Å². The van der Waals surface area contributed by atoms with Crippen molar-refractivity contribution < 1.29 is 13.5 Å². The Morgan fingerprint density at radius 3 is 2.24 bits per heavy atom. The smallest absolute Gasteiger partial charge is 0.147 e. The van der Waals surface area contributed by atoms with Crippen molar-refractivity contribution >= 4 is 0 Å². The van der Waals surface area contributed by atoms with E-state index >= 15 is 0 Å². The van der Waals surface area contributed by atoms with E-state index < -0.39 is 17.2 Å². The molecule has 106 valence electrons. The van der Waals surface area contributed by atoms with Gasteiger partial charge in [-0.25, -0.2) is 8.78 Å². The third kappa shape index (κ3) is 3.67. The van der Waals surface area contributed by atoms with Crippen LogP contribution < -0.4 is 4.74 Å². The van der Waals surface area contributed by atoms with Gasteiger partial charge >= 0.3 is 0 Å². The molecule has 21 heavy (non-hydrogen) atoms. The molecule has 0 atom stereocenters. The molecular formula is C17H13F2NO. The Hall–Kier alpha value is -2.67. The summed E-state index contributed by atoms with van der Waals surface area (Å²) < 4.78 is 32.3. The minimum atomic E-state index is -0.935. The first-order valence-electron chi connectivity index (χ1n) is 6.41. The highest BCUT2D eigenvalue weighted by Gasteiger charge is 2.11. The summed E-state index contributed by atoms with van der Waals surface area (Å²) in [5.74, 6) is -1.38. The molecule has 0 unspecified atom stereocenters. The van der Waals surface area contributed by atoms with Gasteiger partial charge in [-0.2, -0.15) is 5.26 Å². The van der Waals surface area contributed by atoms with Crippen molar-refractivity contribution in [2.75, 3.05) is 0 Å². The Kier molecular flexibility index (Phi) is 4.68. The summed E-state index contributed by atoms with van der Waals surface area (Å²) in [4.78, 5) is 0. The van der Waals surface area contributed by atoms with Crippen LogP contribution in [0.1, 0.15) is 17.5 Å². The van der Waals surface area contributed by atoms with Crippen molar-refractivity contribution in [3.05, 3.63) is 71.8 Å². The maximum absolute atomic E-state index is 13.5. The second-order valence-corrected chi connectivity index (χ2v) is 4.45. The Morgan fingerprint density at radius 2 is 1.71 bits per heavy atom. The largest absolute Gasteiger partial charge is 0.457 e. The average Bonchev–Trinajstić information content (AvgIpc) is 2.46. The average molecular weight is 285 g/mol. The van der Waals surface area contributed by atoms with Crippen molar-refractivity contribution in [3.63, 3.8) is 0 Å². The number of aryl methyl sites for hydroxylation is 1. The first kappa shape index (κ1) is 14.7. The van der Waals surface area contributed by atoms with E-state index in [0.717, 1.165) is 30.5 Å². The van der Waals surface area contributed by atoms with Crippen LogP contribution >= 0.6 is 0 Å². The number of halogens is 2. The fourth-order valence-corrected chi connectivity index (χ4v) is 1.84. The fraction of sp³-hybridized carbons (Fsp3) is 0.118. The molecule has 0 aliphatic carbocycles. The van der Waals surface area contributed by atoms with E-state index in [9.17, 15) is 8.78 Å². The minimum Gasteiger partial charge on any atom is -0.457 e. The normalized spacial score (nSPS) is 9.95. The Bertz CT molecular complexity index is 664. The summed E-state index contributed by atoms with van der Waals surface area (Å²) in [5.41, 5.74) is 0.515. The van der Waals surface area contributed by atoms with Gasteiger partial charge in [0.25, 0.3) is 0 Å². The Balaban J connectivity index is 2.15. The highest BCUT2D eigenvalue weighted by molar-refractivity contribution is 5.40. The molecule has 0 N–H and O–H groups in total. The van der Waals surface area contributed by atoms with Crippen LogP contribution in [-0.2, 0) is 6.42 Å². The monoisotopic (exact) mass is 285 g/mol. The fourth-order valence-electron chi connectivity index (χ4n) is 1.84. The van der Waals surface area contributed by atoms with E-state index in [1.54, 1.807) is 12.1 Å². The lowest BCUT2D eigenvalue weighted by molar-refractivity contribution is 0.467. The molecule has 0 aliphatic rings. The molecule has 2 aromatic rings. The number of allylic oxidation sites excluding steroid dienone is 1. The number of ether oxygens (including phenoxy) is 1. The highest BCUT2D eigenvalue weighted by Crippen LogP contribution is 2.25. The van der Waals surface area contributed by atoms with Gasteiger partial charge in [-0.15, -0.1) is 6.58 Å². The zero-order valence-corrected chi connectivity index (χ0v) is 11.3. The number of hydrogen-bond acceptors (Lipinski definition) is 2. The third-order valence-electron chi connectivity index (χ3n) is 2.92. The first-order valence-corrected chi connectivity index (χ1v) is 6.41. The molecule has 4 heteroatoms. The predicted octanol–water partition coefficient (Wildman–Crippen LogP) is 4.75. The number of hydrogen-bond donors (Lipinski definition) is 0. The van der Waals surface area contributed by atoms with E-state index in [1.807, 2.05) is 18.2 Å². The summed E-state index contributed by atoms with van der Waals surface area (Å²) >= 11 is 0. The van der Waals surface area contributed by atoms with E-state index in [0.29, 0.717) is 5.75 Å². The molecule has 0 heterocycles. The second kappa shape index (κ2) is 6.67. The van der Waals surface area contributed by atoms with E-state index in [1.165, 1.54) is 6.07 Å². The standard InChI is InChI=1S/C17H13F2NO/c1-2-3-4-12-5-7-13(8-6-12)21-14-9-16(18)15(11-20)17(19)10-14/h2,5-10H,1,3-4H2. The number of nitriles is 1. The third-order valence-corrected chi connectivity index (χ3v) is 2.92. The summed E-state index contributed by atoms with van der Waals surface area (Å²) in [6.07, 6.45) is 3.60.